The summed E-state index contributed by atoms with van der Waals surface area (Å²) in [7, 11) is 0. The number of aryl methyl sites for hydroxylation is 1. The van der Waals surface area contributed by atoms with Gasteiger partial charge in [0.15, 0.2) is 0 Å². The number of carbonyl (C=O) groups is 2. The minimum absolute atomic E-state index is 0.0708. The van der Waals surface area contributed by atoms with E-state index in [1.807, 2.05) is 6.07 Å². The molecule has 0 aliphatic rings. The molecule has 2 aromatic carbocycles. The van der Waals surface area contributed by atoms with Crippen LogP contribution >= 0.6 is 23.2 Å². The van der Waals surface area contributed by atoms with Gasteiger partial charge in [-0.2, -0.15) is 5.10 Å². The van der Waals surface area contributed by atoms with E-state index in [4.69, 9.17) is 34.8 Å². The molecule has 2 amide bonds. The van der Waals surface area contributed by atoms with E-state index in [1.165, 1.54) is 6.07 Å². The molecule has 32 heavy (non-hydrogen) atoms. The van der Waals surface area contributed by atoms with Crippen molar-refractivity contribution in [3.63, 3.8) is 0 Å². The Morgan fingerprint density at radius 3 is 2.69 bits per heavy atom. The van der Waals surface area contributed by atoms with Crippen LogP contribution in [0.15, 0.2) is 36.4 Å². The van der Waals surface area contributed by atoms with Crippen molar-refractivity contribution in [1.82, 2.24) is 10.2 Å². The first-order valence-corrected chi connectivity index (χ1v) is 10.8. The fourth-order valence-corrected chi connectivity index (χ4v) is 3.85. The third-order valence-electron chi connectivity index (χ3n) is 4.99. The number of anilines is 2. The second-order valence-corrected chi connectivity index (χ2v) is 7.98. The van der Waals surface area contributed by atoms with E-state index in [9.17, 15) is 9.59 Å². The summed E-state index contributed by atoms with van der Waals surface area (Å²) in [5.41, 5.74) is 9.02. The smallest absolute Gasteiger partial charge is 0.259 e. The van der Waals surface area contributed by atoms with E-state index in [0.29, 0.717) is 56.6 Å². The molecule has 3 aromatic rings. The largest absolute Gasteiger partial charge is 0.326 e. The summed E-state index contributed by atoms with van der Waals surface area (Å²) < 4.78 is 0. The molecule has 168 valence electrons. The van der Waals surface area contributed by atoms with Gasteiger partial charge in [-0.1, -0.05) is 54.7 Å². The number of carbonyl (C=O) groups excluding carboxylic acids is 2. The summed E-state index contributed by atoms with van der Waals surface area (Å²) in [5, 5.41) is 11.9. The van der Waals surface area contributed by atoms with Gasteiger partial charge < -0.3 is 11.1 Å². The Bertz CT molecular complexity index is 1130. The summed E-state index contributed by atoms with van der Waals surface area (Å²) in [5.74, 6) is 5.36. The van der Waals surface area contributed by atoms with E-state index >= 15 is 0 Å². The number of nitrogens with two attached hydrogens (primary N) is 2. The topological polar surface area (TPSA) is 130 Å². The Labute approximate surface area is 195 Å². The number of aromatic amines is 1. The normalized spacial score (nSPS) is 10.8. The van der Waals surface area contributed by atoms with Crippen LogP contribution in [0.25, 0.3) is 11.3 Å². The second-order valence-electron chi connectivity index (χ2n) is 7.14. The number of amides is 2. The number of hydrogen-bond donors (Lipinski definition) is 4. The first kappa shape index (κ1) is 23.7. The number of rotatable bonds is 9. The molecule has 1 heterocycles. The molecular weight excluding hydrogens is 451 g/mol. The van der Waals surface area contributed by atoms with Crippen LogP contribution in [-0.2, 0) is 17.8 Å². The number of aromatic nitrogens is 2. The molecule has 0 bridgehead atoms. The number of nitrogens with zero attached hydrogens (tertiary/aromatic N) is 2. The molecule has 0 saturated carbocycles. The summed E-state index contributed by atoms with van der Waals surface area (Å²) in [6.07, 6.45) is 2.86. The van der Waals surface area contributed by atoms with Crippen LogP contribution in [0.2, 0.25) is 10.0 Å². The average Bonchev–Trinajstić information content (AvgIpc) is 3.21. The van der Waals surface area contributed by atoms with Gasteiger partial charge in [0.2, 0.25) is 6.41 Å². The zero-order valence-corrected chi connectivity index (χ0v) is 19.0. The lowest BCUT2D eigenvalue weighted by Gasteiger charge is -2.20. The highest BCUT2D eigenvalue weighted by Crippen LogP contribution is 2.35. The predicted molar refractivity (Wildman–Crippen MR) is 128 cm³/mol. The Hall–Kier alpha value is -2.91. The SMILES string of the molecule is CCCCc1[nH]nc(-c2ccccc2Cl)c1C(=O)Nc1c(CN)cc(Cl)cc1N(N)C=O. The number of unbranched alkanes of at least 4 members (excludes halogenated alkanes) is 1. The minimum Gasteiger partial charge on any atom is -0.326 e. The summed E-state index contributed by atoms with van der Waals surface area (Å²) in [6.45, 7) is 2.13. The van der Waals surface area contributed by atoms with Crippen LogP contribution in [0.5, 0.6) is 0 Å². The van der Waals surface area contributed by atoms with Gasteiger partial charge in [-0.15, -0.1) is 0 Å². The highest BCUT2D eigenvalue weighted by atomic mass is 35.5. The highest BCUT2D eigenvalue weighted by Gasteiger charge is 2.25. The standard InChI is InChI=1S/C22H24Cl2N6O2/c1-2-3-8-17-19(21(29-28-17)15-6-4-5-7-16(15)24)22(32)27-20-13(11-25)9-14(23)10-18(20)30(26)12-31/h4-7,9-10,12H,2-3,8,11,25-26H2,1H3,(H,27,32)(H,28,29). The monoisotopic (exact) mass is 474 g/mol. The molecule has 0 aliphatic heterocycles. The van der Waals surface area contributed by atoms with Gasteiger partial charge in [-0.05, 0) is 36.6 Å². The fraction of sp³-hybridized carbons (Fsp3) is 0.227. The van der Waals surface area contributed by atoms with Crippen LogP contribution in [0, 0.1) is 0 Å². The molecule has 0 aliphatic carbocycles. The van der Waals surface area contributed by atoms with E-state index in [-0.39, 0.29) is 12.2 Å². The molecule has 0 radical (unpaired) electrons. The molecule has 0 saturated heterocycles. The van der Waals surface area contributed by atoms with Crippen LogP contribution in [-0.4, -0.2) is 22.5 Å². The number of nitrogens with one attached hydrogen (secondary N) is 2. The van der Waals surface area contributed by atoms with Crippen molar-refractivity contribution in [3.05, 3.63) is 63.3 Å². The molecule has 1 aromatic heterocycles. The maximum Gasteiger partial charge on any atom is 0.259 e. The summed E-state index contributed by atoms with van der Waals surface area (Å²) in [4.78, 5) is 24.9. The van der Waals surface area contributed by atoms with E-state index in [0.717, 1.165) is 17.9 Å². The van der Waals surface area contributed by atoms with Crippen molar-refractivity contribution in [1.29, 1.82) is 0 Å². The maximum atomic E-state index is 13.5. The van der Waals surface area contributed by atoms with Crippen molar-refractivity contribution in [2.45, 2.75) is 32.7 Å². The van der Waals surface area contributed by atoms with Gasteiger partial charge in [-0.3, -0.25) is 14.7 Å². The molecule has 0 atom stereocenters. The van der Waals surface area contributed by atoms with Crippen LogP contribution in [0.3, 0.4) is 0 Å². The quantitative estimate of drug-likeness (QED) is 0.159. The van der Waals surface area contributed by atoms with Crippen LogP contribution in [0.1, 0.15) is 41.4 Å². The average molecular weight is 475 g/mol. The predicted octanol–water partition coefficient (Wildman–Crippen LogP) is 4.27. The Morgan fingerprint density at radius 2 is 2.03 bits per heavy atom. The number of benzene rings is 2. The van der Waals surface area contributed by atoms with Gasteiger partial charge in [0, 0.05) is 22.8 Å². The first-order chi connectivity index (χ1) is 15.4. The molecule has 0 unspecified atom stereocenters. The fourth-order valence-electron chi connectivity index (χ4n) is 3.39. The minimum atomic E-state index is -0.433. The molecule has 10 heteroatoms. The maximum absolute atomic E-state index is 13.5. The first-order valence-electron chi connectivity index (χ1n) is 10.1. The van der Waals surface area contributed by atoms with Crippen molar-refractivity contribution in [2.24, 2.45) is 11.6 Å². The van der Waals surface area contributed by atoms with Gasteiger partial charge in [0.05, 0.1) is 22.0 Å². The molecule has 6 N–H and O–H groups in total. The second kappa shape index (κ2) is 10.6. The van der Waals surface area contributed by atoms with Crippen LogP contribution < -0.4 is 21.9 Å². The lowest BCUT2D eigenvalue weighted by atomic mass is 10.0. The lowest BCUT2D eigenvalue weighted by molar-refractivity contribution is -0.107. The van der Waals surface area contributed by atoms with Crippen molar-refractivity contribution in [2.75, 3.05) is 10.3 Å². The number of hydrogen-bond acceptors (Lipinski definition) is 5. The Kier molecular flexibility index (Phi) is 7.87. The van der Waals surface area contributed by atoms with Gasteiger partial charge in [0.1, 0.15) is 5.69 Å². The zero-order chi connectivity index (χ0) is 23.3. The van der Waals surface area contributed by atoms with E-state index in [2.05, 4.69) is 22.4 Å². The van der Waals surface area contributed by atoms with E-state index in [1.54, 1.807) is 24.3 Å². The molecule has 8 nitrogen and oxygen atoms in total. The van der Waals surface area contributed by atoms with Gasteiger partial charge >= 0.3 is 0 Å². The van der Waals surface area contributed by atoms with Crippen LogP contribution in [0.4, 0.5) is 11.4 Å². The molecule has 0 spiro atoms. The summed E-state index contributed by atoms with van der Waals surface area (Å²) in [6, 6.07) is 10.3. The molecule has 3 rings (SSSR count). The zero-order valence-electron chi connectivity index (χ0n) is 17.5. The number of hydrazine groups is 1. The Morgan fingerprint density at radius 1 is 1.28 bits per heavy atom. The Balaban J connectivity index is 2.11. The molecular formula is C22H24Cl2N6O2. The van der Waals surface area contributed by atoms with Gasteiger partial charge in [-0.25, -0.2) is 10.9 Å². The van der Waals surface area contributed by atoms with Gasteiger partial charge in [0.25, 0.3) is 5.91 Å². The number of halogens is 2. The third kappa shape index (κ3) is 4.94. The molecule has 0 fully saturated rings. The van der Waals surface area contributed by atoms with Crippen molar-refractivity contribution < 1.29 is 9.59 Å². The van der Waals surface area contributed by atoms with Crippen molar-refractivity contribution in [3.8, 4) is 11.3 Å². The summed E-state index contributed by atoms with van der Waals surface area (Å²) >= 11 is 12.5. The van der Waals surface area contributed by atoms with E-state index < -0.39 is 5.91 Å². The van der Waals surface area contributed by atoms with Crippen molar-refractivity contribution >= 4 is 46.9 Å². The lowest BCUT2D eigenvalue weighted by Crippen LogP contribution is -2.31. The number of H-pyrrole nitrogens is 1. The highest BCUT2D eigenvalue weighted by molar-refractivity contribution is 6.33. The third-order valence-corrected chi connectivity index (χ3v) is 5.54.